The molecule has 0 radical (unpaired) electrons. The summed E-state index contributed by atoms with van der Waals surface area (Å²) in [6.45, 7) is 1.95. The van der Waals surface area contributed by atoms with Gasteiger partial charge in [-0.15, -0.1) is 0 Å². The first kappa shape index (κ1) is 8.54. The molecule has 3 heteroatoms. The van der Waals surface area contributed by atoms with Crippen molar-refractivity contribution in [3.63, 3.8) is 0 Å². The third kappa shape index (κ3) is 1.73. The summed E-state index contributed by atoms with van der Waals surface area (Å²) >= 11 is 0. The van der Waals surface area contributed by atoms with Crippen LogP contribution in [-0.2, 0) is 0 Å². The van der Waals surface area contributed by atoms with Crippen molar-refractivity contribution in [3.8, 4) is 6.19 Å². The maximum Gasteiger partial charge on any atom is 0.179 e. The molecule has 3 nitrogen and oxygen atoms in total. The van der Waals surface area contributed by atoms with E-state index in [2.05, 4.69) is 11.2 Å². The zero-order chi connectivity index (χ0) is 8.97. The van der Waals surface area contributed by atoms with Gasteiger partial charge < -0.3 is 4.90 Å². The Bertz CT molecular complexity index is 276. The Morgan fingerprint density at radius 1 is 1.58 bits per heavy atom. The molecule has 12 heavy (non-hydrogen) atoms. The predicted molar refractivity (Wildman–Crippen MR) is 46.0 cm³/mol. The van der Waals surface area contributed by atoms with Crippen LogP contribution in [0, 0.1) is 11.5 Å². The first-order valence-electron chi connectivity index (χ1n) is 3.79. The van der Waals surface area contributed by atoms with E-state index in [1.54, 1.807) is 18.1 Å². The monoisotopic (exact) mass is 161 g/mol. The number of hydrogen-bond acceptors (Lipinski definition) is 3. The van der Waals surface area contributed by atoms with Crippen LogP contribution in [0.1, 0.15) is 18.7 Å². The molecule has 0 saturated heterocycles. The van der Waals surface area contributed by atoms with Crippen LogP contribution in [0.2, 0.25) is 0 Å². The van der Waals surface area contributed by atoms with E-state index in [4.69, 9.17) is 5.26 Å². The minimum atomic E-state index is 0.0520. The minimum absolute atomic E-state index is 0.0520. The molecule has 1 rings (SSSR count). The van der Waals surface area contributed by atoms with Crippen molar-refractivity contribution >= 4 is 0 Å². The molecule has 1 atom stereocenters. The number of hydrogen-bond donors (Lipinski definition) is 0. The fraction of sp³-hybridized carbons (Fsp3) is 0.333. The summed E-state index contributed by atoms with van der Waals surface area (Å²) < 4.78 is 0. The van der Waals surface area contributed by atoms with E-state index < -0.39 is 0 Å². The van der Waals surface area contributed by atoms with E-state index >= 15 is 0 Å². The number of nitriles is 1. The summed E-state index contributed by atoms with van der Waals surface area (Å²) in [5.74, 6) is 0. The Balaban J connectivity index is 2.80. The van der Waals surface area contributed by atoms with Gasteiger partial charge in [-0.05, 0) is 19.1 Å². The maximum absolute atomic E-state index is 8.61. The fourth-order valence-electron chi connectivity index (χ4n) is 0.908. The van der Waals surface area contributed by atoms with Crippen molar-refractivity contribution in [2.75, 3.05) is 7.05 Å². The third-order valence-corrected chi connectivity index (χ3v) is 1.85. The van der Waals surface area contributed by atoms with Gasteiger partial charge in [-0.1, -0.05) is 6.07 Å². The lowest BCUT2D eigenvalue weighted by Crippen LogP contribution is -2.17. The minimum Gasteiger partial charge on any atom is -0.305 e. The summed E-state index contributed by atoms with van der Waals surface area (Å²) in [7, 11) is 1.75. The van der Waals surface area contributed by atoms with Crippen LogP contribution in [0.3, 0.4) is 0 Å². The second-order valence-electron chi connectivity index (χ2n) is 2.64. The van der Waals surface area contributed by atoms with E-state index in [1.165, 1.54) is 0 Å². The number of nitrogens with zero attached hydrogens (tertiary/aromatic N) is 3. The molecule has 0 N–H and O–H groups in total. The van der Waals surface area contributed by atoms with Gasteiger partial charge in [0.2, 0.25) is 0 Å². The molecule has 0 bridgehead atoms. The average molecular weight is 161 g/mol. The van der Waals surface area contributed by atoms with Crippen LogP contribution in [0.5, 0.6) is 0 Å². The predicted octanol–water partition coefficient (Wildman–Crippen LogP) is 1.56. The quantitative estimate of drug-likeness (QED) is 0.488. The summed E-state index contributed by atoms with van der Waals surface area (Å²) in [6, 6.07) is 5.75. The summed E-state index contributed by atoms with van der Waals surface area (Å²) in [5.41, 5.74) is 0.918. The average Bonchev–Trinajstić information content (AvgIpc) is 2.17. The lowest BCUT2D eigenvalue weighted by atomic mass is 10.2. The first-order chi connectivity index (χ1) is 5.75. The zero-order valence-electron chi connectivity index (χ0n) is 7.23. The molecule has 0 aliphatic heterocycles. The Kier molecular flexibility index (Phi) is 2.65. The normalized spacial score (nSPS) is 11.8. The van der Waals surface area contributed by atoms with Crippen molar-refractivity contribution < 1.29 is 0 Å². The second kappa shape index (κ2) is 3.72. The van der Waals surface area contributed by atoms with E-state index in [1.807, 2.05) is 25.1 Å². The van der Waals surface area contributed by atoms with Crippen molar-refractivity contribution in [1.29, 1.82) is 5.26 Å². The maximum atomic E-state index is 8.61. The van der Waals surface area contributed by atoms with E-state index in [9.17, 15) is 0 Å². The van der Waals surface area contributed by atoms with Crippen molar-refractivity contribution in [2.24, 2.45) is 0 Å². The molecule has 1 unspecified atom stereocenters. The summed E-state index contributed by atoms with van der Waals surface area (Å²) in [6.07, 6.45) is 3.79. The van der Waals surface area contributed by atoms with Crippen molar-refractivity contribution in [3.05, 3.63) is 30.1 Å². The molecule has 0 amide bonds. The number of pyridine rings is 1. The lowest BCUT2D eigenvalue weighted by Gasteiger charge is -2.17. The van der Waals surface area contributed by atoms with Crippen LogP contribution in [0.25, 0.3) is 0 Å². The Morgan fingerprint density at radius 3 is 2.83 bits per heavy atom. The topological polar surface area (TPSA) is 39.9 Å². The molecular formula is C9H11N3. The zero-order valence-corrected chi connectivity index (χ0v) is 7.23. The highest BCUT2D eigenvalue weighted by Gasteiger charge is 2.09. The Hall–Kier alpha value is -1.56. The fourth-order valence-corrected chi connectivity index (χ4v) is 0.908. The molecule has 0 aliphatic carbocycles. The molecule has 1 aromatic heterocycles. The van der Waals surface area contributed by atoms with E-state index in [0.29, 0.717) is 0 Å². The molecule has 0 aliphatic rings. The molecule has 0 saturated carbocycles. The van der Waals surface area contributed by atoms with Gasteiger partial charge in [0.05, 0.1) is 11.7 Å². The van der Waals surface area contributed by atoms with E-state index in [0.717, 1.165) is 5.69 Å². The van der Waals surface area contributed by atoms with Gasteiger partial charge in [0.1, 0.15) is 0 Å². The molecule has 62 valence electrons. The van der Waals surface area contributed by atoms with Crippen LogP contribution in [-0.4, -0.2) is 16.9 Å². The number of aromatic nitrogens is 1. The van der Waals surface area contributed by atoms with Gasteiger partial charge in [-0.3, -0.25) is 4.98 Å². The number of rotatable bonds is 2. The van der Waals surface area contributed by atoms with Gasteiger partial charge in [-0.2, -0.15) is 5.26 Å². The highest BCUT2D eigenvalue weighted by molar-refractivity contribution is 5.08. The van der Waals surface area contributed by atoms with Crippen molar-refractivity contribution in [2.45, 2.75) is 13.0 Å². The molecular weight excluding hydrogens is 150 g/mol. The van der Waals surface area contributed by atoms with Gasteiger partial charge in [-0.25, -0.2) is 0 Å². The van der Waals surface area contributed by atoms with Crippen LogP contribution >= 0.6 is 0 Å². The van der Waals surface area contributed by atoms with Crippen LogP contribution < -0.4 is 0 Å². The van der Waals surface area contributed by atoms with E-state index in [-0.39, 0.29) is 6.04 Å². The van der Waals surface area contributed by atoms with Crippen molar-refractivity contribution in [1.82, 2.24) is 9.88 Å². The molecule has 0 fully saturated rings. The van der Waals surface area contributed by atoms with Gasteiger partial charge in [0.15, 0.2) is 6.19 Å². The largest absolute Gasteiger partial charge is 0.305 e. The van der Waals surface area contributed by atoms with Gasteiger partial charge in [0, 0.05) is 13.2 Å². The standard InChI is InChI=1S/C9H11N3/c1-8(12(2)7-10)9-5-3-4-6-11-9/h3-6,8H,1-2H3. The van der Waals surface area contributed by atoms with Crippen LogP contribution in [0.4, 0.5) is 0 Å². The molecule has 1 heterocycles. The second-order valence-corrected chi connectivity index (χ2v) is 2.64. The highest BCUT2D eigenvalue weighted by Crippen LogP contribution is 2.13. The van der Waals surface area contributed by atoms with Gasteiger partial charge >= 0.3 is 0 Å². The smallest absolute Gasteiger partial charge is 0.179 e. The third-order valence-electron chi connectivity index (χ3n) is 1.85. The lowest BCUT2D eigenvalue weighted by molar-refractivity contribution is 0.369. The SMILES string of the molecule is CC(c1ccccn1)N(C)C#N. The Labute approximate surface area is 72.3 Å². The molecule has 0 aromatic carbocycles. The summed E-state index contributed by atoms with van der Waals surface area (Å²) in [4.78, 5) is 5.73. The Morgan fingerprint density at radius 2 is 2.33 bits per heavy atom. The molecule has 1 aromatic rings. The summed E-state index contributed by atoms with van der Waals surface area (Å²) in [5, 5.41) is 8.61. The highest BCUT2D eigenvalue weighted by atomic mass is 15.1. The van der Waals surface area contributed by atoms with Gasteiger partial charge in [0.25, 0.3) is 0 Å². The first-order valence-corrected chi connectivity index (χ1v) is 3.79. The van der Waals surface area contributed by atoms with Crippen LogP contribution in [0.15, 0.2) is 24.4 Å². The molecule has 0 spiro atoms.